The third kappa shape index (κ3) is 3.83. The Morgan fingerprint density at radius 2 is 1.84 bits per heavy atom. The highest BCUT2D eigenvalue weighted by molar-refractivity contribution is 7.89. The zero-order chi connectivity index (χ0) is 14.0. The Morgan fingerprint density at radius 1 is 1.21 bits per heavy atom. The lowest BCUT2D eigenvalue weighted by molar-refractivity contribution is 0.134. The summed E-state index contributed by atoms with van der Waals surface area (Å²) in [7, 11) is -3.65. The summed E-state index contributed by atoms with van der Waals surface area (Å²) >= 11 is 11.6. The van der Waals surface area contributed by atoms with Gasteiger partial charge in [0.2, 0.25) is 10.0 Å². The minimum atomic E-state index is -3.65. The normalized spacial score (nSPS) is 23.7. The van der Waals surface area contributed by atoms with Crippen LogP contribution < -0.4 is 4.72 Å². The highest BCUT2D eigenvalue weighted by atomic mass is 35.5. The number of rotatable bonds is 4. The molecule has 1 saturated carbocycles. The number of hydrogen-bond acceptors (Lipinski definition) is 3. The van der Waals surface area contributed by atoms with E-state index in [-0.39, 0.29) is 27.4 Å². The molecule has 2 unspecified atom stereocenters. The van der Waals surface area contributed by atoms with Gasteiger partial charge < -0.3 is 5.11 Å². The molecule has 4 nitrogen and oxygen atoms in total. The van der Waals surface area contributed by atoms with E-state index in [1.54, 1.807) is 0 Å². The first kappa shape index (κ1) is 15.1. The molecule has 0 saturated heterocycles. The van der Waals surface area contributed by atoms with Crippen LogP contribution in [-0.2, 0) is 10.0 Å². The van der Waals surface area contributed by atoms with Crippen LogP contribution in [0.4, 0.5) is 0 Å². The highest BCUT2D eigenvalue weighted by Crippen LogP contribution is 2.26. The fourth-order valence-electron chi connectivity index (χ4n) is 2.24. The maximum absolute atomic E-state index is 12.1. The van der Waals surface area contributed by atoms with Crippen molar-refractivity contribution in [2.75, 3.05) is 6.54 Å². The largest absolute Gasteiger partial charge is 0.393 e. The molecule has 0 bridgehead atoms. The number of nitrogens with one attached hydrogen (secondary N) is 1. The molecule has 2 atom stereocenters. The Morgan fingerprint density at radius 3 is 2.37 bits per heavy atom. The van der Waals surface area contributed by atoms with Crippen molar-refractivity contribution in [1.29, 1.82) is 0 Å². The van der Waals surface area contributed by atoms with Crippen LogP contribution in [-0.4, -0.2) is 26.2 Å². The number of aliphatic hydroxyl groups excluding tert-OH is 1. The second-order valence-electron chi connectivity index (χ2n) is 4.72. The zero-order valence-electron chi connectivity index (χ0n) is 10.1. The summed E-state index contributed by atoms with van der Waals surface area (Å²) in [4.78, 5) is 0.0393. The molecule has 7 heteroatoms. The van der Waals surface area contributed by atoms with E-state index in [0.717, 1.165) is 19.3 Å². The second-order valence-corrected chi connectivity index (χ2v) is 7.36. The van der Waals surface area contributed by atoms with Gasteiger partial charge in [0.25, 0.3) is 0 Å². The van der Waals surface area contributed by atoms with Gasteiger partial charge in [-0.05, 0) is 37.0 Å². The predicted molar refractivity (Wildman–Crippen MR) is 75.0 cm³/mol. The number of benzene rings is 1. The van der Waals surface area contributed by atoms with Gasteiger partial charge in [0.1, 0.15) is 0 Å². The lowest BCUT2D eigenvalue weighted by Gasteiger charge is -2.15. The van der Waals surface area contributed by atoms with Gasteiger partial charge in [-0.2, -0.15) is 0 Å². The fourth-order valence-corrected chi connectivity index (χ4v) is 4.06. The Hall–Kier alpha value is -0.330. The number of halogens is 2. The molecule has 1 aromatic rings. The van der Waals surface area contributed by atoms with Crippen LogP contribution in [0.3, 0.4) is 0 Å². The summed E-state index contributed by atoms with van der Waals surface area (Å²) < 4.78 is 26.7. The first-order valence-corrected chi connectivity index (χ1v) is 8.26. The minimum Gasteiger partial charge on any atom is -0.393 e. The van der Waals surface area contributed by atoms with Gasteiger partial charge in [0, 0.05) is 16.6 Å². The van der Waals surface area contributed by atoms with Crippen molar-refractivity contribution in [3.05, 3.63) is 28.2 Å². The van der Waals surface area contributed by atoms with E-state index < -0.39 is 16.1 Å². The summed E-state index contributed by atoms with van der Waals surface area (Å²) in [6, 6.07) is 4.17. The van der Waals surface area contributed by atoms with Crippen LogP contribution in [0.25, 0.3) is 0 Å². The van der Waals surface area contributed by atoms with E-state index in [0.29, 0.717) is 0 Å². The summed E-state index contributed by atoms with van der Waals surface area (Å²) in [5.41, 5.74) is 0. The molecule has 2 N–H and O–H groups in total. The quantitative estimate of drug-likeness (QED) is 0.894. The van der Waals surface area contributed by atoms with Gasteiger partial charge in [-0.15, -0.1) is 0 Å². The van der Waals surface area contributed by atoms with Crippen LogP contribution >= 0.6 is 23.2 Å². The molecule has 2 rings (SSSR count). The van der Waals surface area contributed by atoms with Crippen LogP contribution in [0.1, 0.15) is 19.3 Å². The molecular weight excluding hydrogens is 309 g/mol. The fraction of sp³-hybridized carbons (Fsp3) is 0.500. The van der Waals surface area contributed by atoms with E-state index in [4.69, 9.17) is 23.2 Å². The molecule has 1 aromatic carbocycles. The van der Waals surface area contributed by atoms with Crippen molar-refractivity contribution >= 4 is 33.2 Å². The van der Waals surface area contributed by atoms with Crippen molar-refractivity contribution < 1.29 is 13.5 Å². The number of sulfonamides is 1. The molecule has 0 radical (unpaired) electrons. The maximum atomic E-state index is 12.1. The zero-order valence-corrected chi connectivity index (χ0v) is 12.5. The van der Waals surface area contributed by atoms with Crippen molar-refractivity contribution in [2.24, 2.45) is 5.92 Å². The van der Waals surface area contributed by atoms with Crippen molar-refractivity contribution in [2.45, 2.75) is 30.3 Å². The van der Waals surface area contributed by atoms with E-state index >= 15 is 0 Å². The first-order chi connectivity index (χ1) is 8.88. The Bertz CT molecular complexity index is 542. The molecule has 0 spiro atoms. The SMILES string of the molecule is O=S(=O)(NCC1CCCC1O)c1cc(Cl)cc(Cl)c1. The van der Waals surface area contributed by atoms with Gasteiger partial charge in [0.15, 0.2) is 0 Å². The Kier molecular flexibility index (Phi) is 4.74. The molecule has 0 aliphatic heterocycles. The standard InChI is InChI=1S/C12H15Cl2NO3S/c13-9-4-10(14)6-11(5-9)19(17,18)15-7-8-2-1-3-12(8)16/h4-6,8,12,15-16H,1-3,7H2. The molecule has 0 heterocycles. The van der Waals surface area contributed by atoms with Crippen molar-refractivity contribution in [3.63, 3.8) is 0 Å². The molecule has 19 heavy (non-hydrogen) atoms. The summed E-state index contributed by atoms with van der Waals surface area (Å²) in [5.74, 6) is -0.0237. The van der Waals surface area contributed by atoms with E-state index in [9.17, 15) is 13.5 Å². The highest BCUT2D eigenvalue weighted by Gasteiger charge is 2.27. The van der Waals surface area contributed by atoms with Crippen LogP contribution in [0.5, 0.6) is 0 Å². The average Bonchev–Trinajstić information content (AvgIpc) is 2.71. The van der Waals surface area contributed by atoms with Crippen LogP contribution in [0.15, 0.2) is 23.1 Å². The molecule has 1 aliphatic rings. The van der Waals surface area contributed by atoms with Gasteiger partial charge in [-0.1, -0.05) is 29.6 Å². The second kappa shape index (κ2) is 5.97. The monoisotopic (exact) mass is 323 g/mol. The summed E-state index contributed by atoms with van der Waals surface area (Å²) in [6.45, 7) is 0.230. The predicted octanol–water partition coefficient (Wildman–Crippen LogP) is 2.43. The maximum Gasteiger partial charge on any atom is 0.240 e. The Labute approximate surface area is 122 Å². The van der Waals surface area contributed by atoms with E-state index in [2.05, 4.69) is 4.72 Å². The summed E-state index contributed by atoms with van der Waals surface area (Å²) in [5, 5.41) is 10.2. The molecule has 0 aromatic heterocycles. The molecule has 0 amide bonds. The van der Waals surface area contributed by atoms with Gasteiger partial charge in [0.05, 0.1) is 11.0 Å². The van der Waals surface area contributed by atoms with Gasteiger partial charge >= 0.3 is 0 Å². The summed E-state index contributed by atoms with van der Waals surface area (Å²) in [6.07, 6.45) is 2.07. The molecular formula is C12H15Cl2NO3S. The van der Waals surface area contributed by atoms with Crippen molar-refractivity contribution in [3.8, 4) is 0 Å². The average molecular weight is 324 g/mol. The topological polar surface area (TPSA) is 66.4 Å². The number of hydrogen-bond donors (Lipinski definition) is 2. The third-order valence-corrected chi connectivity index (χ3v) is 5.14. The third-order valence-electron chi connectivity index (χ3n) is 3.30. The van der Waals surface area contributed by atoms with E-state index in [1.807, 2.05) is 0 Å². The molecule has 1 fully saturated rings. The van der Waals surface area contributed by atoms with Gasteiger partial charge in [-0.3, -0.25) is 0 Å². The Balaban J connectivity index is 2.09. The minimum absolute atomic E-state index is 0.0237. The van der Waals surface area contributed by atoms with Crippen LogP contribution in [0.2, 0.25) is 10.0 Å². The van der Waals surface area contributed by atoms with Crippen LogP contribution in [0, 0.1) is 5.92 Å². The molecule has 1 aliphatic carbocycles. The number of aliphatic hydroxyl groups is 1. The van der Waals surface area contributed by atoms with Crippen molar-refractivity contribution in [1.82, 2.24) is 4.72 Å². The first-order valence-electron chi connectivity index (χ1n) is 6.02. The lowest BCUT2D eigenvalue weighted by Crippen LogP contribution is -2.32. The van der Waals surface area contributed by atoms with Gasteiger partial charge in [-0.25, -0.2) is 13.1 Å². The van der Waals surface area contributed by atoms with E-state index in [1.165, 1.54) is 18.2 Å². The lowest BCUT2D eigenvalue weighted by atomic mass is 10.1. The molecule has 106 valence electrons. The smallest absolute Gasteiger partial charge is 0.240 e.